The normalized spacial score (nSPS) is 22.5. The molecule has 28 heavy (non-hydrogen) atoms. The molecule has 0 aromatic heterocycles. The van der Waals surface area contributed by atoms with Crippen LogP contribution in [0.2, 0.25) is 0 Å². The first kappa shape index (κ1) is 21.3. The summed E-state index contributed by atoms with van der Waals surface area (Å²) in [4.78, 5) is 12.7. The standard InChI is InChI=1S/C22H34N2O3S/c25-22(23-21-14-6-1-2-7-15-21)20-13-8-16-24(18-20)28(26,27)17-9-12-19-10-4-3-5-11-19/h3-5,10-11,20-21H,1-2,6-9,12-18H2,(H,23,25). The first-order valence-electron chi connectivity index (χ1n) is 10.9. The molecule has 1 saturated carbocycles. The van der Waals surface area contributed by atoms with Crippen LogP contribution in [0.1, 0.15) is 63.4 Å². The second-order valence-electron chi connectivity index (χ2n) is 8.30. The predicted molar refractivity (Wildman–Crippen MR) is 112 cm³/mol. The van der Waals surface area contributed by atoms with Gasteiger partial charge in [0.05, 0.1) is 11.7 Å². The molecule has 2 aliphatic rings. The molecule has 2 fully saturated rings. The SMILES string of the molecule is O=C(NC1CCCCCC1)C1CCCN(S(=O)(=O)CCCc2ccccc2)C1. The first-order valence-corrected chi connectivity index (χ1v) is 12.5. The minimum atomic E-state index is -3.31. The average Bonchev–Trinajstić information content (AvgIpc) is 2.97. The van der Waals surface area contributed by atoms with E-state index in [4.69, 9.17) is 0 Å². The van der Waals surface area contributed by atoms with Gasteiger partial charge in [0.2, 0.25) is 15.9 Å². The van der Waals surface area contributed by atoms with E-state index in [0.29, 0.717) is 19.5 Å². The highest BCUT2D eigenvalue weighted by molar-refractivity contribution is 7.89. The van der Waals surface area contributed by atoms with E-state index >= 15 is 0 Å². The molecule has 1 N–H and O–H groups in total. The van der Waals surface area contributed by atoms with Crippen LogP contribution in [0, 0.1) is 5.92 Å². The van der Waals surface area contributed by atoms with Crippen molar-refractivity contribution < 1.29 is 13.2 Å². The number of hydrogen-bond acceptors (Lipinski definition) is 3. The Balaban J connectivity index is 1.49. The molecule has 1 atom stereocenters. The number of nitrogens with one attached hydrogen (secondary N) is 1. The van der Waals surface area contributed by atoms with Gasteiger partial charge in [-0.05, 0) is 44.1 Å². The lowest BCUT2D eigenvalue weighted by Gasteiger charge is -2.32. The number of benzene rings is 1. The number of carbonyl (C=O) groups excluding carboxylic acids is 1. The van der Waals surface area contributed by atoms with Crippen molar-refractivity contribution in [2.75, 3.05) is 18.8 Å². The van der Waals surface area contributed by atoms with Crippen LogP contribution in [0.15, 0.2) is 30.3 Å². The van der Waals surface area contributed by atoms with Crippen molar-refractivity contribution in [1.82, 2.24) is 9.62 Å². The van der Waals surface area contributed by atoms with E-state index in [1.165, 1.54) is 25.7 Å². The van der Waals surface area contributed by atoms with Gasteiger partial charge in [-0.2, -0.15) is 0 Å². The van der Waals surface area contributed by atoms with Gasteiger partial charge in [-0.15, -0.1) is 0 Å². The van der Waals surface area contributed by atoms with Gasteiger partial charge in [0, 0.05) is 19.1 Å². The zero-order valence-electron chi connectivity index (χ0n) is 16.8. The molecule has 6 heteroatoms. The van der Waals surface area contributed by atoms with Gasteiger partial charge in [-0.1, -0.05) is 56.0 Å². The lowest BCUT2D eigenvalue weighted by molar-refractivity contribution is -0.126. The van der Waals surface area contributed by atoms with Crippen LogP contribution in [0.25, 0.3) is 0 Å². The van der Waals surface area contributed by atoms with Gasteiger partial charge in [-0.25, -0.2) is 12.7 Å². The molecule has 1 saturated heterocycles. The molecule has 1 amide bonds. The Hall–Kier alpha value is -1.40. The lowest BCUT2D eigenvalue weighted by Crippen LogP contribution is -2.48. The highest BCUT2D eigenvalue weighted by atomic mass is 32.2. The van der Waals surface area contributed by atoms with Crippen LogP contribution in [0.5, 0.6) is 0 Å². The summed E-state index contributed by atoms with van der Waals surface area (Å²) in [6.07, 6.45) is 9.90. The Kier molecular flexibility index (Phi) is 7.91. The van der Waals surface area contributed by atoms with Gasteiger partial charge in [0.25, 0.3) is 0 Å². The van der Waals surface area contributed by atoms with Crippen molar-refractivity contribution in [3.8, 4) is 0 Å². The summed E-state index contributed by atoms with van der Waals surface area (Å²) in [5, 5.41) is 3.20. The molecular formula is C22H34N2O3S. The van der Waals surface area contributed by atoms with Crippen molar-refractivity contribution in [1.29, 1.82) is 0 Å². The molecule has 3 rings (SSSR count). The molecule has 0 radical (unpaired) electrons. The molecule has 5 nitrogen and oxygen atoms in total. The molecule has 0 bridgehead atoms. The largest absolute Gasteiger partial charge is 0.353 e. The Labute approximate surface area is 169 Å². The van der Waals surface area contributed by atoms with Crippen molar-refractivity contribution >= 4 is 15.9 Å². The molecule has 156 valence electrons. The third kappa shape index (κ3) is 6.31. The topological polar surface area (TPSA) is 66.5 Å². The number of aryl methyl sites for hydroxylation is 1. The third-order valence-corrected chi connectivity index (χ3v) is 7.98. The maximum atomic E-state index is 12.8. The van der Waals surface area contributed by atoms with Crippen molar-refractivity contribution in [3.05, 3.63) is 35.9 Å². The molecule has 0 spiro atoms. The number of carbonyl (C=O) groups is 1. The van der Waals surface area contributed by atoms with Gasteiger partial charge in [-0.3, -0.25) is 4.79 Å². The van der Waals surface area contributed by atoms with Crippen LogP contribution in [0.3, 0.4) is 0 Å². The summed E-state index contributed by atoms with van der Waals surface area (Å²) in [5.74, 6) is -0.00392. The van der Waals surface area contributed by atoms with Crippen LogP contribution in [-0.4, -0.2) is 43.5 Å². The summed E-state index contributed by atoms with van der Waals surface area (Å²) >= 11 is 0. The number of sulfonamides is 1. The number of piperidine rings is 1. The predicted octanol–water partition coefficient (Wildman–Crippen LogP) is 3.50. The Morgan fingerprint density at radius 3 is 2.43 bits per heavy atom. The summed E-state index contributed by atoms with van der Waals surface area (Å²) in [6.45, 7) is 0.882. The third-order valence-electron chi connectivity index (χ3n) is 6.06. The van der Waals surface area contributed by atoms with Gasteiger partial charge in [0.15, 0.2) is 0 Å². The van der Waals surface area contributed by atoms with E-state index in [-0.39, 0.29) is 23.6 Å². The Morgan fingerprint density at radius 1 is 1.00 bits per heavy atom. The maximum absolute atomic E-state index is 12.8. The number of hydrogen-bond donors (Lipinski definition) is 1. The zero-order chi connectivity index (χ0) is 19.8. The van der Waals surface area contributed by atoms with E-state index < -0.39 is 10.0 Å². The molecule has 1 heterocycles. The smallest absolute Gasteiger partial charge is 0.224 e. The zero-order valence-corrected chi connectivity index (χ0v) is 17.6. The second kappa shape index (κ2) is 10.4. The molecule has 1 aliphatic carbocycles. The monoisotopic (exact) mass is 406 g/mol. The van der Waals surface area contributed by atoms with Crippen LogP contribution in [-0.2, 0) is 21.2 Å². The van der Waals surface area contributed by atoms with Gasteiger partial charge >= 0.3 is 0 Å². The minimum absolute atomic E-state index is 0.0519. The van der Waals surface area contributed by atoms with E-state index in [2.05, 4.69) is 5.32 Å². The molecule has 1 unspecified atom stereocenters. The first-order chi connectivity index (χ1) is 13.5. The second-order valence-corrected chi connectivity index (χ2v) is 10.4. The lowest BCUT2D eigenvalue weighted by atomic mass is 9.97. The van der Waals surface area contributed by atoms with Gasteiger partial charge < -0.3 is 5.32 Å². The van der Waals surface area contributed by atoms with Crippen molar-refractivity contribution in [2.45, 2.75) is 70.3 Å². The molecule has 1 aliphatic heterocycles. The summed E-state index contributed by atoms with van der Waals surface area (Å²) in [7, 11) is -3.31. The van der Waals surface area contributed by atoms with Crippen molar-refractivity contribution in [2.24, 2.45) is 5.92 Å². The van der Waals surface area contributed by atoms with Crippen LogP contribution >= 0.6 is 0 Å². The summed E-state index contributed by atoms with van der Waals surface area (Å²) in [5.41, 5.74) is 1.16. The summed E-state index contributed by atoms with van der Waals surface area (Å²) in [6, 6.07) is 10.3. The fraction of sp³-hybridized carbons (Fsp3) is 0.682. The van der Waals surface area contributed by atoms with E-state index in [0.717, 1.165) is 37.7 Å². The summed E-state index contributed by atoms with van der Waals surface area (Å²) < 4.78 is 27.1. The van der Waals surface area contributed by atoms with Crippen LogP contribution in [0.4, 0.5) is 0 Å². The quantitative estimate of drug-likeness (QED) is 0.705. The number of rotatable bonds is 7. The van der Waals surface area contributed by atoms with E-state index in [1.807, 2.05) is 30.3 Å². The highest BCUT2D eigenvalue weighted by Crippen LogP contribution is 2.22. The minimum Gasteiger partial charge on any atom is -0.353 e. The number of nitrogens with zero attached hydrogens (tertiary/aromatic N) is 1. The molecule has 1 aromatic rings. The molecule has 1 aromatic carbocycles. The Bertz CT molecular complexity index is 713. The van der Waals surface area contributed by atoms with Crippen molar-refractivity contribution in [3.63, 3.8) is 0 Å². The number of amides is 1. The average molecular weight is 407 g/mol. The Morgan fingerprint density at radius 2 is 1.71 bits per heavy atom. The van der Waals surface area contributed by atoms with E-state index in [9.17, 15) is 13.2 Å². The fourth-order valence-corrected chi connectivity index (χ4v) is 5.97. The van der Waals surface area contributed by atoms with E-state index in [1.54, 1.807) is 4.31 Å². The fourth-order valence-electron chi connectivity index (χ4n) is 4.38. The molecular weight excluding hydrogens is 372 g/mol. The maximum Gasteiger partial charge on any atom is 0.224 e. The highest BCUT2D eigenvalue weighted by Gasteiger charge is 2.32. The van der Waals surface area contributed by atoms with Gasteiger partial charge in [0.1, 0.15) is 0 Å². The van der Waals surface area contributed by atoms with Crippen LogP contribution < -0.4 is 5.32 Å².